The van der Waals surface area contributed by atoms with E-state index in [1.807, 2.05) is 26.2 Å². The fourth-order valence-electron chi connectivity index (χ4n) is 2.14. The molecule has 19 heavy (non-hydrogen) atoms. The van der Waals surface area contributed by atoms with E-state index in [0.29, 0.717) is 6.54 Å². The number of rotatable bonds is 4. The van der Waals surface area contributed by atoms with Crippen LogP contribution in [0, 0.1) is 13.8 Å². The van der Waals surface area contributed by atoms with Crippen molar-refractivity contribution in [1.82, 2.24) is 14.9 Å². The Morgan fingerprint density at radius 1 is 1.32 bits per heavy atom. The van der Waals surface area contributed by atoms with Crippen molar-refractivity contribution in [1.29, 1.82) is 0 Å². The van der Waals surface area contributed by atoms with Crippen LogP contribution in [0.25, 0.3) is 0 Å². The first kappa shape index (κ1) is 13.5. The van der Waals surface area contributed by atoms with Crippen molar-refractivity contribution in [3.8, 4) is 0 Å². The quantitative estimate of drug-likeness (QED) is 0.909. The maximum Gasteiger partial charge on any atom is 0.347 e. The highest BCUT2D eigenvalue weighted by molar-refractivity contribution is 5.25. The lowest BCUT2D eigenvalue weighted by molar-refractivity contribution is 0.483. The zero-order valence-electron chi connectivity index (χ0n) is 11.6. The number of hydrogen-bond donors (Lipinski definition) is 1. The molecule has 100 valence electrons. The first-order valence-electron chi connectivity index (χ1n) is 6.37. The first-order chi connectivity index (χ1) is 9.10. The summed E-state index contributed by atoms with van der Waals surface area (Å²) in [6, 6.07) is 8.40. The Kier molecular flexibility index (Phi) is 4.12. The standard InChI is InChI=1S/C15H19N3O/c1-11-5-4-6-13(7-11)14(16-3)10-18-9-12(2)8-17-15(18)19/h4-9,14,16H,10H2,1-3H3. The molecule has 1 atom stereocenters. The fourth-order valence-corrected chi connectivity index (χ4v) is 2.14. The minimum absolute atomic E-state index is 0.0983. The van der Waals surface area contributed by atoms with Gasteiger partial charge in [0.2, 0.25) is 0 Å². The van der Waals surface area contributed by atoms with Gasteiger partial charge in [0.25, 0.3) is 0 Å². The van der Waals surface area contributed by atoms with Crippen molar-refractivity contribution in [2.45, 2.75) is 26.4 Å². The van der Waals surface area contributed by atoms with Gasteiger partial charge in [-0.05, 0) is 32.0 Å². The van der Waals surface area contributed by atoms with Crippen LogP contribution >= 0.6 is 0 Å². The van der Waals surface area contributed by atoms with E-state index in [9.17, 15) is 4.79 Å². The summed E-state index contributed by atoms with van der Waals surface area (Å²) in [6.07, 6.45) is 3.44. The van der Waals surface area contributed by atoms with Gasteiger partial charge in [-0.15, -0.1) is 0 Å². The molecule has 0 saturated carbocycles. The van der Waals surface area contributed by atoms with Gasteiger partial charge in [0.15, 0.2) is 0 Å². The lowest BCUT2D eigenvalue weighted by Crippen LogP contribution is -2.29. The molecule has 1 N–H and O–H groups in total. The molecule has 1 heterocycles. The highest BCUT2D eigenvalue weighted by atomic mass is 16.1. The van der Waals surface area contributed by atoms with Crippen LogP contribution in [-0.2, 0) is 6.54 Å². The van der Waals surface area contributed by atoms with Crippen LogP contribution in [0.5, 0.6) is 0 Å². The van der Waals surface area contributed by atoms with Gasteiger partial charge in [0.05, 0.1) is 6.04 Å². The van der Waals surface area contributed by atoms with Crippen LogP contribution in [0.15, 0.2) is 41.5 Å². The molecule has 2 rings (SSSR count). The number of hydrogen-bond acceptors (Lipinski definition) is 3. The van der Waals surface area contributed by atoms with Crippen molar-refractivity contribution in [3.63, 3.8) is 0 Å². The average Bonchev–Trinajstić information content (AvgIpc) is 2.39. The maximum atomic E-state index is 11.7. The summed E-state index contributed by atoms with van der Waals surface area (Å²) in [6.45, 7) is 4.58. The Hall–Kier alpha value is -1.94. The predicted octanol–water partition coefficient (Wildman–Crippen LogP) is 1.82. The van der Waals surface area contributed by atoms with Gasteiger partial charge in [0, 0.05) is 18.9 Å². The van der Waals surface area contributed by atoms with E-state index in [0.717, 1.165) is 5.56 Å². The van der Waals surface area contributed by atoms with Crippen LogP contribution in [-0.4, -0.2) is 16.6 Å². The molecule has 0 fully saturated rings. The van der Waals surface area contributed by atoms with E-state index in [1.54, 1.807) is 10.8 Å². The van der Waals surface area contributed by atoms with Crippen LogP contribution in [0.1, 0.15) is 22.7 Å². The lowest BCUT2D eigenvalue weighted by Gasteiger charge is -2.18. The smallest absolute Gasteiger partial charge is 0.312 e. The SMILES string of the molecule is CNC(Cn1cc(C)cnc1=O)c1cccc(C)c1. The summed E-state index contributed by atoms with van der Waals surface area (Å²) in [5.41, 5.74) is 3.17. The van der Waals surface area contributed by atoms with E-state index >= 15 is 0 Å². The number of aromatic nitrogens is 2. The molecular formula is C15H19N3O. The van der Waals surface area contributed by atoms with Gasteiger partial charge < -0.3 is 5.32 Å². The molecule has 0 aliphatic rings. The molecule has 2 aromatic rings. The molecule has 0 amide bonds. The van der Waals surface area contributed by atoms with Gasteiger partial charge in [-0.3, -0.25) is 4.57 Å². The van der Waals surface area contributed by atoms with Gasteiger partial charge >= 0.3 is 5.69 Å². The molecule has 0 saturated heterocycles. The molecular weight excluding hydrogens is 238 g/mol. The van der Waals surface area contributed by atoms with E-state index in [2.05, 4.69) is 35.4 Å². The summed E-state index contributed by atoms with van der Waals surface area (Å²) in [4.78, 5) is 15.6. The van der Waals surface area contributed by atoms with Crippen molar-refractivity contribution in [3.05, 3.63) is 63.8 Å². The third kappa shape index (κ3) is 3.29. The summed E-state index contributed by atoms with van der Waals surface area (Å²) >= 11 is 0. The monoisotopic (exact) mass is 257 g/mol. The number of likely N-dealkylation sites (N-methyl/N-ethyl adjacent to an activating group) is 1. The van der Waals surface area contributed by atoms with Crippen molar-refractivity contribution >= 4 is 0 Å². The van der Waals surface area contributed by atoms with E-state index in [1.165, 1.54) is 11.1 Å². The molecule has 0 aliphatic carbocycles. The van der Waals surface area contributed by atoms with E-state index < -0.39 is 0 Å². The fraction of sp³-hybridized carbons (Fsp3) is 0.333. The third-order valence-electron chi connectivity index (χ3n) is 3.16. The van der Waals surface area contributed by atoms with Gasteiger partial charge in [0.1, 0.15) is 0 Å². The molecule has 4 nitrogen and oxygen atoms in total. The Morgan fingerprint density at radius 2 is 2.11 bits per heavy atom. The van der Waals surface area contributed by atoms with Gasteiger partial charge in [-0.25, -0.2) is 9.78 Å². The molecule has 0 spiro atoms. The van der Waals surface area contributed by atoms with E-state index in [4.69, 9.17) is 0 Å². The molecule has 1 unspecified atom stereocenters. The van der Waals surface area contributed by atoms with E-state index in [-0.39, 0.29) is 11.7 Å². The minimum Gasteiger partial charge on any atom is -0.312 e. The first-order valence-corrected chi connectivity index (χ1v) is 6.37. The normalized spacial score (nSPS) is 12.4. The molecule has 1 aromatic carbocycles. The van der Waals surface area contributed by atoms with Crippen LogP contribution in [0.4, 0.5) is 0 Å². The minimum atomic E-state index is -0.210. The average molecular weight is 257 g/mol. The summed E-state index contributed by atoms with van der Waals surface area (Å²) in [5, 5.41) is 3.25. The summed E-state index contributed by atoms with van der Waals surface area (Å²) in [7, 11) is 1.90. The number of aryl methyl sites for hydroxylation is 2. The maximum absolute atomic E-state index is 11.7. The number of benzene rings is 1. The summed E-state index contributed by atoms with van der Waals surface area (Å²) < 4.78 is 1.65. The van der Waals surface area contributed by atoms with Gasteiger partial charge in [-0.2, -0.15) is 0 Å². The Bertz CT molecular complexity index is 619. The topological polar surface area (TPSA) is 46.9 Å². The van der Waals surface area contributed by atoms with Crippen LogP contribution < -0.4 is 11.0 Å². The van der Waals surface area contributed by atoms with Crippen molar-refractivity contribution in [2.75, 3.05) is 7.05 Å². The van der Waals surface area contributed by atoms with Crippen molar-refractivity contribution < 1.29 is 0 Å². The predicted molar refractivity (Wildman–Crippen MR) is 76.2 cm³/mol. The summed E-state index contributed by atoms with van der Waals surface area (Å²) in [5.74, 6) is 0. The Labute approximate surface area is 113 Å². The largest absolute Gasteiger partial charge is 0.347 e. The number of nitrogens with one attached hydrogen (secondary N) is 1. The lowest BCUT2D eigenvalue weighted by atomic mass is 10.0. The highest BCUT2D eigenvalue weighted by Gasteiger charge is 2.11. The molecule has 4 heteroatoms. The Morgan fingerprint density at radius 3 is 2.79 bits per heavy atom. The second-order valence-corrected chi connectivity index (χ2v) is 4.82. The van der Waals surface area contributed by atoms with Crippen LogP contribution in [0.2, 0.25) is 0 Å². The second-order valence-electron chi connectivity index (χ2n) is 4.82. The second kappa shape index (κ2) is 5.80. The highest BCUT2D eigenvalue weighted by Crippen LogP contribution is 2.15. The van der Waals surface area contributed by atoms with Crippen molar-refractivity contribution in [2.24, 2.45) is 0 Å². The molecule has 0 bridgehead atoms. The zero-order valence-corrected chi connectivity index (χ0v) is 11.6. The van der Waals surface area contributed by atoms with Crippen LogP contribution in [0.3, 0.4) is 0 Å². The zero-order chi connectivity index (χ0) is 13.8. The Balaban J connectivity index is 2.29. The molecule has 1 aromatic heterocycles. The number of nitrogens with zero attached hydrogens (tertiary/aromatic N) is 2. The molecule has 0 radical (unpaired) electrons. The molecule has 0 aliphatic heterocycles. The third-order valence-corrected chi connectivity index (χ3v) is 3.16. The van der Waals surface area contributed by atoms with Gasteiger partial charge in [-0.1, -0.05) is 29.8 Å².